The lowest BCUT2D eigenvalue weighted by Gasteiger charge is -2.14. The first-order chi connectivity index (χ1) is 9.10. The zero-order valence-electron chi connectivity index (χ0n) is 10.9. The lowest BCUT2D eigenvalue weighted by molar-refractivity contribution is -0.384. The summed E-state index contributed by atoms with van der Waals surface area (Å²) < 4.78 is 13.2. The van der Waals surface area contributed by atoms with Crippen molar-refractivity contribution in [2.45, 2.75) is 13.3 Å². The summed E-state index contributed by atoms with van der Waals surface area (Å²) in [5.74, 6) is -0.00229. The van der Waals surface area contributed by atoms with E-state index in [-0.39, 0.29) is 11.4 Å². The van der Waals surface area contributed by atoms with Crippen LogP contribution in [-0.4, -0.2) is 36.0 Å². The van der Waals surface area contributed by atoms with E-state index in [4.69, 9.17) is 0 Å². The van der Waals surface area contributed by atoms with Crippen molar-refractivity contribution < 1.29 is 9.31 Å². The number of anilines is 1. The van der Waals surface area contributed by atoms with E-state index in [0.29, 0.717) is 12.5 Å². The van der Waals surface area contributed by atoms with Crippen LogP contribution in [0.1, 0.15) is 13.3 Å². The molecule has 1 aliphatic rings. The summed E-state index contributed by atoms with van der Waals surface area (Å²) in [6.07, 6.45) is 1.07. The minimum Gasteiger partial charge on any atom is -0.379 e. The third-order valence-corrected chi connectivity index (χ3v) is 3.55. The maximum atomic E-state index is 13.2. The Morgan fingerprint density at radius 1 is 1.58 bits per heavy atom. The second-order valence-corrected chi connectivity index (χ2v) is 4.85. The standard InChI is InChI=1S/C13H18FN3O2/c1-2-16-6-5-10(9-16)8-15-12-7-11(14)3-4-13(12)17(18)19/h3-4,7,10,15H,2,5-6,8-9H2,1H3. The molecule has 0 saturated carbocycles. The zero-order chi connectivity index (χ0) is 13.8. The Kier molecular flexibility index (Phi) is 4.31. The Bertz CT molecular complexity index is 467. The molecule has 1 heterocycles. The molecule has 0 amide bonds. The van der Waals surface area contributed by atoms with Gasteiger partial charge in [-0.25, -0.2) is 4.39 Å². The highest BCUT2D eigenvalue weighted by molar-refractivity contribution is 5.61. The fraction of sp³-hybridized carbons (Fsp3) is 0.538. The van der Waals surface area contributed by atoms with Gasteiger partial charge in [-0.1, -0.05) is 6.92 Å². The third-order valence-electron chi connectivity index (χ3n) is 3.55. The minimum absolute atomic E-state index is 0.0771. The average Bonchev–Trinajstić information content (AvgIpc) is 2.84. The molecule has 1 aromatic carbocycles. The molecule has 0 aromatic heterocycles. The van der Waals surface area contributed by atoms with E-state index in [1.807, 2.05) is 0 Å². The first-order valence-electron chi connectivity index (χ1n) is 6.50. The van der Waals surface area contributed by atoms with Crippen LogP contribution in [0, 0.1) is 21.8 Å². The Morgan fingerprint density at radius 2 is 2.37 bits per heavy atom. The lowest BCUT2D eigenvalue weighted by atomic mass is 10.1. The molecule has 0 spiro atoms. The van der Waals surface area contributed by atoms with Crippen LogP contribution >= 0.6 is 0 Å². The molecule has 0 bridgehead atoms. The van der Waals surface area contributed by atoms with Gasteiger partial charge in [0.25, 0.3) is 5.69 Å². The molecule has 19 heavy (non-hydrogen) atoms. The van der Waals surface area contributed by atoms with Crippen LogP contribution in [0.4, 0.5) is 15.8 Å². The van der Waals surface area contributed by atoms with Crippen molar-refractivity contribution in [1.29, 1.82) is 0 Å². The molecule has 1 saturated heterocycles. The number of halogens is 1. The molecule has 1 fully saturated rings. The largest absolute Gasteiger partial charge is 0.379 e. The van der Waals surface area contributed by atoms with E-state index in [2.05, 4.69) is 17.1 Å². The van der Waals surface area contributed by atoms with Gasteiger partial charge in [-0.15, -0.1) is 0 Å². The van der Waals surface area contributed by atoms with E-state index in [1.54, 1.807) is 0 Å². The molecular formula is C13H18FN3O2. The van der Waals surface area contributed by atoms with Crippen molar-refractivity contribution >= 4 is 11.4 Å². The van der Waals surface area contributed by atoms with Gasteiger partial charge in [-0.05, 0) is 31.5 Å². The predicted octanol–water partition coefficient (Wildman–Crippen LogP) is 2.49. The topological polar surface area (TPSA) is 58.4 Å². The van der Waals surface area contributed by atoms with Gasteiger partial charge in [-0.3, -0.25) is 10.1 Å². The number of hydrogen-bond donors (Lipinski definition) is 1. The second-order valence-electron chi connectivity index (χ2n) is 4.85. The summed E-state index contributed by atoms with van der Waals surface area (Å²) in [5, 5.41) is 13.9. The van der Waals surface area contributed by atoms with Crippen LogP contribution in [0.5, 0.6) is 0 Å². The highest BCUT2D eigenvalue weighted by Crippen LogP contribution is 2.26. The van der Waals surface area contributed by atoms with Crippen molar-refractivity contribution in [3.63, 3.8) is 0 Å². The first kappa shape index (κ1) is 13.7. The van der Waals surface area contributed by atoms with Crippen LogP contribution in [0.2, 0.25) is 0 Å². The van der Waals surface area contributed by atoms with E-state index < -0.39 is 10.7 Å². The number of hydrogen-bond acceptors (Lipinski definition) is 4. The summed E-state index contributed by atoms with van der Waals surface area (Å²) in [6.45, 7) is 5.84. The van der Waals surface area contributed by atoms with Crippen LogP contribution < -0.4 is 5.32 Å². The van der Waals surface area contributed by atoms with Crippen molar-refractivity contribution in [2.75, 3.05) is 31.5 Å². The van der Waals surface area contributed by atoms with Gasteiger partial charge in [0.05, 0.1) is 4.92 Å². The van der Waals surface area contributed by atoms with Gasteiger partial charge in [-0.2, -0.15) is 0 Å². The van der Waals surface area contributed by atoms with E-state index in [0.717, 1.165) is 32.1 Å². The monoisotopic (exact) mass is 267 g/mol. The minimum atomic E-state index is -0.491. The van der Waals surface area contributed by atoms with E-state index in [1.165, 1.54) is 12.1 Å². The molecule has 1 aliphatic heterocycles. The third kappa shape index (κ3) is 3.41. The first-order valence-corrected chi connectivity index (χ1v) is 6.50. The maximum absolute atomic E-state index is 13.2. The van der Waals surface area contributed by atoms with Gasteiger partial charge in [0.2, 0.25) is 0 Å². The molecule has 104 valence electrons. The van der Waals surface area contributed by atoms with Gasteiger partial charge >= 0.3 is 0 Å². The number of benzene rings is 1. The second kappa shape index (κ2) is 5.97. The Balaban J connectivity index is 1.99. The van der Waals surface area contributed by atoms with E-state index >= 15 is 0 Å². The average molecular weight is 267 g/mol. The fourth-order valence-corrected chi connectivity index (χ4v) is 2.43. The predicted molar refractivity (Wildman–Crippen MR) is 71.8 cm³/mol. The molecular weight excluding hydrogens is 249 g/mol. The number of rotatable bonds is 5. The highest BCUT2D eigenvalue weighted by Gasteiger charge is 2.22. The van der Waals surface area contributed by atoms with Crippen LogP contribution in [0.15, 0.2) is 18.2 Å². The van der Waals surface area contributed by atoms with Crippen LogP contribution in [0.25, 0.3) is 0 Å². The van der Waals surface area contributed by atoms with Gasteiger partial charge in [0.1, 0.15) is 11.5 Å². The highest BCUT2D eigenvalue weighted by atomic mass is 19.1. The summed E-state index contributed by atoms with van der Waals surface area (Å²) in [6, 6.07) is 3.49. The number of likely N-dealkylation sites (tertiary alicyclic amines) is 1. The normalized spacial score (nSPS) is 19.6. The summed E-state index contributed by atoms with van der Waals surface area (Å²) in [4.78, 5) is 12.7. The number of nitrogens with one attached hydrogen (secondary N) is 1. The van der Waals surface area contributed by atoms with Crippen LogP contribution in [-0.2, 0) is 0 Å². The van der Waals surface area contributed by atoms with Crippen molar-refractivity contribution in [1.82, 2.24) is 4.90 Å². The molecule has 1 N–H and O–H groups in total. The Labute approximate surface area is 111 Å². The molecule has 6 heteroatoms. The number of nitro benzene ring substituents is 1. The number of nitrogens with zero attached hydrogens (tertiary/aromatic N) is 2. The smallest absolute Gasteiger partial charge is 0.292 e. The van der Waals surface area contributed by atoms with Crippen LogP contribution in [0.3, 0.4) is 0 Å². The molecule has 2 rings (SSSR count). The maximum Gasteiger partial charge on any atom is 0.292 e. The molecule has 0 radical (unpaired) electrons. The molecule has 1 aromatic rings. The summed E-state index contributed by atoms with van der Waals surface area (Å²) in [5.41, 5.74) is 0.187. The number of nitro groups is 1. The van der Waals surface area contributed by atoms with E-state index in [9.17, 15) is 14.5 Å². The zero-order valence-corrected chi connectivity index (χ0v) is 10.9. The van der Waals surface area contributed by atoms with Crippen molar-refractivity contribution in [3.8, 4) is 0 Å². The Morgan fingerprint density at radius 3 is 3.00 bits per heavy atom. The Hall–Kier alpha value is -1.69. The van der Waals surface area contributed by atoms with Gasteiger partial charge < -0.3 is 10.2 Å². The van der Waals surface area contributed by atoms with Gasteiger partial charge in [0.15, 0.2) is 0 Å². The molecule has 5 nitrogen and oxygen atoms in total. The molecule has 0 aliphatic carbocycles. The molecule has 1 unspecified atom stereocenters. The molecule has 1 atom stereocenters. The summed E-state index contributed by atoms with van der Waals surface area (Å²) >= 11 is 0. The fourth-order valence-electron chi connectivity index (χ4n) is 2.43. The summed E-state index contributed by atoms with van der Waals surface area (Å²) in [7, 11) is 0. The SMILES string of the molecule is CCN1CCC(CNc2cc(F)ccc2[N+](=O)[O-])C1. The lowest BCUT2D eigenvalue weighted by Crippen LogP contribution is -2.22. The van der Waals surface area contributed by atoms with Crippen molar-refractivity contribution in [2.24, 2.45) is 5.92 Å². The van der Waals surface area contributed by atoms with Crippen molar-refractivity contribution in [3.05, 3.63) is 34.1 Å². The van der Waals surface area contributed by atoms with Gasteiger partial charge in [0, 0.05) is 25.2 Å². The quantitative estimate of drug-likeness (QED) is 0.657.